The fourth-order valence-electron chi connectivity index (χ4n) is 2.82. The third-order valence-electron chi connectivity index (χ3n) is 4.52. The highest BCUT2D eigenvalue weighted by Gasteiger charge is 2.30. The van der Waals surface area contributed by atoms with Gasteiger partial charge in [-0.2, -0.15) is 13.2 Å². The molecule has 0 spiro atoms. The van der Waals surface area contributed by atoms with Gasteiger partial charge in [-0.1, -0.05) is 36.4 Å². The lowest BCUT2D eigenvalue weighted by atomic mass is 9.96. The summed E-state index contributed by atoms with van der Waals surface area (Å²) in [5.41, 5.74) is 0.749. The minimum atomic E-state index is -4.41. The molecule has 0 saturated heterocycles. The van der Waals surface area contributed by atoms with Crippen molar-refractivity contribution in [3.63, 3.8) is 0 Å². The van der Waals surface area contributed by atoms with Crippen LogP contribution in [-0.4, -0.2) is 19.6 Å². The number of rotatable bonds is 4. The van der Waals surface area contributed by atoms with E-state index in [-0.39, 0.29) is 5.56 Å². The minimum absolute atomic E-state index is 0.172. The Bertz CT molecular complexity index is 1170. The predicted molar refractivity (Wildman–Crippen MR) is 106 cm³/mol. The number of fused-ring (bicyclic) bond motifs is 1. The quantitative estimate of drug-likeness (QED) is 0.645. The number of benzene rings is 3. The summed E-state index contributed by atoms with van der Waals surface area (Å²) >= 11 is 0. The van der Waals surface area contributed by atoms with Gasteiger partial charge in [-0.3, -0.25) is 4.79 Å². The lowest BCUT2D eigenvalue weighted by Gasteiger charge is -2.12. The molecular weight excluding hydrogens is 403 g/mol. The van der Waals surface area contributed by atoms with Crippen LogP contribution >= 0.6 is 0 Å². The first-order valence-corrected chi connectivity index (χ1v) is 10.3. The monoisotopic (exact) mass is 421 g/mol. The molecule has 0 saturated carbocycles. The number of carbonyl (C=O) groups excluding carboxylic acids is 1. The van der Waals surface area contributed by atoms with Gasteiger partial charge in [-0.05, 0) is 60.0 Å². The second-order valence-electron chi connectivity index (χ2n) is 6.84. The number of carbonyl (C=O) groups is 1. The van der Waals surface area contributed by atoms with Crippen LogP contribution < -0.4 is 4.72 Å². The molecule has 3 aromatic rings. The highest BCUT2D eigenvalue weighted by molar-refractivity contribution is 7.90. The first-order chi connectivity index (χ1) is 13.5. The molecule has 0 heterocycles. The van der Waals surface area contributed by atoms with Crippen molar-refractivity contribution >= 4 is 26.7 Å². The first-order valence-electron chi connectivity index (χ1n) is 8.75. The van der Waals surface area contributed by atoms with Gasteiger partial charge in [-0.15, -0.1) is 0 Å². The maximum atomic E-state index is 12.8. The van der Waals surface area contributed by atoms with Crippen LogP contribution in [0.2, 0.25) is 0 Å². The van der Waals surface area contributed by atoms with Gasteiger partial charge in [0.1, 0.15) is 0 Å². The Morgan fingerprint density at radius 3 is 2.21 bits per heavy atom. The Balaban J connectivity index is 1.98. The van der Waals surface area contributed by atoms with Crippen LogP contribution in [0.15, 0.2) is 60.7 Å². The van der Waals surface area contributed by atoms with Gasteiger partial charge in [0.15, 0.2) is 0 Å². The molecule has 8 heteroatoms. The van der Waals surface area contributed by atoms with E-state index >= 15 is 0 Å². The number of sulfonamides is 1. The standard InChI is InChI=1S/C21H18F3NO3S/c1-13(2)29(27,28)25-20(26)16-8-11-19-15(12-16)4-3-5-18(19)14-6-9-17(10-7-14)21(22,23)24/h3-13H,1-2H3,(H,25,26). The summed E-state index contributed by atoms with van der Waals surface area (Å²) in [6, 6.07) is 14.8. The SMILES string of the molecule is CC(C)S(=O)(=O)NC(=O)c1ccc2c(-c3ccc(C(F)(F)F)cc3)cccc2c1. The summed E-state index contributed by atoms with van der Waals surface area (Å²) in [6.07, 6.45) is -4.41. The first kappa shape index (κ1) is 20.9. The number of hydrogen-bond acceptors (Lipinski definition) is 3. The minimum Gasteiger partial charge on any atom is -0.268 e. The fourth-order valence-corrected chi connectivity index (χ4v) is 3.43. The Hall–Kier alpha value is -2.87. The van der Waals surface area contributed by atoms with Crippen molar-refractivity contribution < 1.29 is 26.4 Å². The van der Waals surface area contributed by atoms with Crippen molar-refractivity contribution in [2.24, 2.45) is 0 Å². The number of halogens is 3. The Kier molecular flexibility index (Phi) is 5.40. The summed E-state index contributed by atoms with van der Waals surface area (Å²) < 4.78 is 64.2. The van der Waals surface area contributed by atoms with E-state index < -0.39 is 32.9 Å². The van der Waals surface area contributed by atoms with Crippen molar-refractivity contribution in [1.82, 2.24) is 4.72 Å². The Morgan fingerprint density at radius 2 is 1.62 bits per heavy atom. The average molecular weight is 421 g/mol. The summed E-state index contributed by atoms with van der Waals surface area (Å²) in [5, 5.41) is 0.644. The van der Waals surface area contributed by atoms with Crippen molar-refractivity contribution in [3.8, 4) is 11.1 Å². The summed E-state index contributed by atoms with van der Waals surface area (Å²) in [7, 11) is -3.76. The van der Waals surface area contributed by atoms with E-state index in [0.717, 1.165) is 17.5 Å². The highest BCUT2D eigenvalue weighted by Crippen LogP contribution is 2.33. The van der Waals surface area contributed by atoms with Gasteiger partial charge in [0, 0.05) is 5.56 Å². The van der Waals surface area contributed by atoms with Crippen molar-refractivity contribution in [1.29, 1.82) is 0 Å². The largest absolute Gasteiger partial charge is 0.416 e. The third-order valence-corrected chi connectivity index (χ3v) is 6.23. The van der Waals surface area contributed by atoms with Gasteiger partial charge in [0.25, 0.3) is 5.91 Å². The Labute approximate surface area is 166 Å². The maximum absolute atomic E-state index is 12.8. The molecule has 3 aromatic carbocycles. The number of hydrogen-bond donors (Lipinski definition) is 1. The van der Waals surface area contributed by atoms with E-state index in [0.29, 0.717) is 16.5 Å². The van der Waals surface area contributed by atoms with Crippen LogP contribution in [0, 0.1) is 0 Å². The van der Waals surface area contributed by atoms with Crippen LogP contribution in [0.1, 0.15) is 29.8 Å². The third kappa shape index (κ3) is 4.42. The lowest BCUT2D eigenvalue weighted by molar-refractivity contribution is -0.137. The topological polar surface area (TPSA) is 63.2 Å². The van der Waals surface area contributed by atoms with Crippen LogP contribution in [0.25, 0.3) is 21.9 Å². The van der Waals surface area contributed by atoms with E-state index in [9.17, 15) is 26.4 Å². The molecule has 29 heavy (non-hydrogen) atoms. The molecule has 1 amide bonds. The molecule has 0 atom stereocenters. The zero-order valence-electron chi connectivity index (χ0n) is 15.6. The zero-order valence-corrected chi connectivity index (χ0v) is 16.4. The van der Waals surface area contributed by atoms with Crippen LogP contribution in [0.4, 0.5) is 13.2 Å². The smallest absolute Gasteiger partial charge is 0.268 e. The number of alkyl halides is 3. The van der Waals surface area contributed by atoms with Gasteiger partial charge in [0.2, 0.25) is 10.0 Å². The fraction of sp³-hybridized carbons (Fsp3) is 0.190. The van der Waals surface area contributed by atoms with Crippen LogP contribution in [0.5, 0.6) is 0 Å². The Morgan fingerprint density at radius 1 is 0.966 bits per heavy atom. The number of amides is 1. The number of nitrogens with one attached hydrogen (secondary N) is 1. The molecule has 4 nitrogen and oxygen atoms in total. The van der Waals surface area contributed by atoms with Gasteiger partial charge < -0.3 is 0 Å². The highest BCUT2D eigenvalue weighted by atomic mass is 32.2. The van der Waals surface area contributed by atoms with Crippen LogP contribution in [0.3, 0.4) is 0 Å². The summed E-state index contributed by atoms with van der Waals surface area (Å²) in [4.78, 5) is 12.3. The molecule has 0 aliphatic rings. The van der Waals surface area contributed by atoms with Gasteiger partial charge >= 0.3 is 6.18 Å². The summed E-state index contributed by atoms with van der Waals surface area (Å²) in [5.74, 6) is -0.736. The lowest BCUT2D eigenvalue weighted by Crippen LogP contribution is -2.35. The van der Waals surface area contributed by atoms with Crippen molar-refractivity contribution in [2.75, 3.05) is 0 Å². The van der Waals surface area contributed by atoms with E-state index in [2.05, 4.69) is 0 Å². The predicted octanol–water partition coefficient (Wildman–Crippen LogP) is 4.99. The zero-order chi connectivity index (χ0) is 21.4. The molecule has 0 aliphatic heterocycles. The molecule has 0 aliphatic carbocycles. The maximum Gasteiger partial charge on any atom is 0.416 e. The van der Waals surface area contributed by atoms with Gasteiger partial charge in [0.05, 0.1) is 10.8 Å². The molecule has 0 fully saturated rings. The normalized spacial score (nSPS) is 12.3. The van der Waals surface area contributed by atoms with Crippen LogP contribution in [-0.2, 0) is 16.2 Å². The molecule has 0 aromatic heterocycles. The molecule has 0 unspecified atom stereocenters. The second kappa shape index (κ2) is 7.51. The summed E-state index contributed by atoms with van der Waals surface area (Å²) in [6.45, 7) is 2.93. The molecule has 0 bridgehead atoms. The van der Waals surface area contributed by atoms with E-state index in [4.69, 9.17) is 0 Å². The second-order valence-corrected chi connectivity index (χ2v) is 9.08. The van der Waals surface area contributed by atoms with E-state index in [1.54, 1.807) is 30.3 Å². The van der Waals surface area contributed by atoms with Crippen molar-refractivity contribution in [2.45, 2.75) is 25.3 Å². The van der Waals surface area contributed by atoms with E-state index in [1.165, 1.54) is 32.0 Å². The van der Waals surface area contributed by atoms with Gasteiger partial charge in [-0.25, -0.2) is 13.1 Å². The molecule has 0 radical (unpaired) electrons. The molecule has 3 rings (SSSR count). The average Bonchev–Trinajstić information content (AvgIpc) is 2.66. The molecular formula is C21H18F3NO3S. The molecule has 1 N–H and O–H groups in total. The van der Waals surface area contributed by atoms with E-state index in [1.807, 2.05) is 4.72 Å². The molecule has 152 valence electrons. The van der Waals surface area contributed by atoms with Crippen molar-refractivity contribution in [3.05, 3.63) is 71.8 Å².